The molecule has 0 amide bonds. The van der Waals surface area contributed by atoms with Crippen molar-refractivity contribution in [2.45, 2.75) is 13.8 Å². The molecule has 2 aliphatic rings. The second kappa shape index (κ2) is 15.3. The van der Waals surface area contributed by atoms with Crippen molar-refractivity contribution in [2.24, 2.45) is 0 Å². The highest BCUT2D eigenvalue weighted by Crippen LogP contribution is 2.36. The molecule has 8 rings (SSSR count). The summed E-state index contributed by atoms with van der Waals surface area (Å²) in [6.45, 7) is 4.40. The Balaban J connectivity index is 0.000000162. The first-order valence-electron chi connectivity index (χ1n) is 16.3. The van der Waals surface area contributed by atoms with Crippen LogP contribution < -0.4 is 49.7 Å². The van der Waals surface area contributed by atoms with Crippen molar-refractivity contribution in [3.8, 4) is 34.5 Å². The summed E-state index contributed by atoms with van der Waals surface area (Å²) < 4.78 is 31.8. The highest BCUT2D eigenvalue weighted by atomic mass is 16.7. The normalized spacial score (nSPS) is 11.9. The Morgan fingerprint density at radius 3 is 1.35 bits per heavy atom. The van der Waals surface area contributed by atoms with Crippen LogP contribution in [0.4, 0.5) is 46.3 Å². The number of aryl methyl sites for hydroxylation is 2. The molecule has 2 aromatic heterocycles. The van der Waals surface area contributed by atoms with E-state index in [0.29, 0.717) is 17.6 Å². The average Bonchev–Trinajstić information content (AvgIpc) is 3.85. The van der Waals surface area contributed by atoms with Crippen LogP contribution in [0, 0.1) is 13.8 Å². The van der Waals surface area contributed by atoms with Gasteiger partial charge in [0, 0.05) is 58.4 Å². The minimum atomic E-state index is 0.246. The van der Waals surface area contributed by atoms with E-state index in [0.717, 1.165) is 74.3 Å². The van der Waals surface area contributed by atoms with E-state index in [-0.39, 0.29) is 13.6 Å². The molecule has 0 bridgehead atoms. The summed E-state index contributed by atoms with van der Waals surface area (Å²) in [6, 6.07) is 26.5. The summed E-state index contributed by atoms with van der Waals surface area (Å²) in [7, 11) is 3.28. The third kappa shape index (κ3) is 8.08. The van der Waals surface area contributed by atoms with E-state index in [4.69, 9.17) is 28.4 Å². The van der Waals surface area contributed by atoms with Crippen molar-refractivity contribution in [1.29, 1.82) is 0 Å². The molecule has 0 unspecified atom stereocenters. The second-order valence-corrected chi connectivity index (χ2v) is 11.5. The number of benzene rings is 4. The van der Waals surface area contributed by atoms with E-state index in [9.17, 15) is 0 Å². The standard InChI is InChI=1S/2C19H18N4O3/c1-12-10-20-19(22-13-3-6-15(24-2)7-4-13)23-18(12)21-14-5-8-16-17(9-14)26-11-25-16;1-12-10-20-19(22-14-5-8-16-17(9-14)26-11-25-16)23-18(12)21-13-3-6-15(24-2)7-4-13/h2*3-10H,11H2,1-2H3,(H2,20,21,22,23). The van der Waals surface area contributed by atoms with Gasteiger partial charge in [-0.1, -0.05) is 0 Å². The van der Waals surface area contributed by atoms with Crippen LogP contribution in [0.3, 0.4) is 0 Å². The highest BCUT2D eigenvalue weighted by molar-refractivity contribution is 5.66. The predicted molar refractivity (Wildman–Crippen MR) is 198 cm³/mol. The number of nitrogens with one attached hydrogen (secondary N) is 4. The number of anilines is 8. The molecule has 2 aliphatic heterocycles. The van der Waals surface area contributed by atoms with Crippen molar-refractivity contribution in [2.75, 3.05) is 49.1 Å². The fourth-order valence-electron chi connectivity index (χ4n) is 5.09. The van der Waals surface area contributed by atoms with Crippen LogP contribution in [0.2, 0.25) is 0 Å². The zero-order chi connectivity index (χ0) is 35.9. The number of ether oxygens (including phenoxy) is 6. The number of hydrogen-bond acceptors (Lipinski definition) is 14. The van der Waals surface area contributed by atoms with Gasteiger partial charge in [-0.2, -0.15) is 9.97 Å². The van der Waals surface area contributed by atoms with E-state index < -0.39 is 0 Å². The van der Waals surface area contributed by atoms with Crippen molar-refractivity contribution in [3.05, 3.63) is 108 Å². The molecule has 0 spiro atoms. The van der Waals surface area contributed by atoms with E-state index in [1.54, 1.807) is 26.6 Å². The fraction of sp³-hybridized carbons (Fsp3) is 0.158. The van der Waals surface area contributed by atoms with Gasteiger partial charge in [0.1, 0.15) is 23.1 Å². The summed E-state index contributed by atoms with van der Waals surface area (Å²) in [4.78, 5) is 17.8. The first-order valence-corrected chi connectivity index (χ1v) is 16.3. The molecule has 4 aromatic carbocycles. The smallest absolute Gasteiger partial charge is 0.231 e. The van der Waals surface area contributed by atoms with Gasteiger partial charge in [0.05, 0.1) is 14.2 Å². The maximum Gasteiger partial charge on any atom is 0.231 e. The largest absolute Gasteiger partial charge is 0.497 e. The molecule has 6 aromatic rings. The molecule has 0 aliphatic carbocycles. The van der Waals surface area contributed by atoms with Crippen molar-refractivity contribution >= 4 is 46.3 Å². The summed E-state index contributed by atoms with van der Waals surface area (Å²) in [6.07, 6.45) is 3.54. The number of aromatic nitrogens is 4. The molecule has 0 saturated carbocycles. The number of rotatable bonds is 10. The van der Waals surface area contributed by atoms with Crippen molar-refractivity contribution in [3.63, 3.8) is 0 Å². The molecule has 4 N–H and O–H groups in total. The maximum atomic E-state index is 5.41. The number of methoxy groups -OCH3 is 2. The molecule has 14 nitrogen and oxygen atoms in total. The zero-order valence-electron chi connectivity index (χ0n) is 28.9. The molecular formula is C38H36N8O6. The first kappa shape index (κ1) is 33.5. The Labute approximate surface area is 300 Å². The van der Waals surface area contributed by atoms with E-state index in [1.807, 2.05) is 98.8 Å². The third-order valence-corrected chi connectivity index (χ3v) is 7.91. The Kier molecular flexibility index (Phi) is 9.86. The van der Waals surface area contributed by atoms with E-state index >= 15 is 0 Å². The zero-order valence-corrected chi connectivity index (χ0v) is 28.9. The quantitative estimate of drug-likeness (QED) is 0.109. The van der Waals surface area contributed by atoms with Crippen LogP contribution in [-0.4, -0.2) is 47.7 Å². The van der Waals surface area contributed by atoms with Crippen LogP contribution in [0.1, 0.15) is 11.1 Å². The molecule has 0 atom stereocenters. The minimum Gasteiger partial charge on any atom is -0.497 e. The maximum absolute atomic E-state index is 5.41. The lowest BCUT2D eigenvalue weighted by atomic mass is 10.2. The molecule has 0 radical (unpaired) electrons. The van der Waals surface area contributed by atoms with Gasteiger partial charge in [-0.05, 0) is 86.6 Å². The van der Waals surface area contributed by atoms with Crippen LogP contribution in [0.15, 0.2) is 97.3 Å². The summed E-state index contributed by atoms with van der Waals surface area (Å²) >= 11 is 0. The molecule has 52 heavy (non-hydrogen) atoms. The monoisotopic (exact) mass is 700 g/mol. The van der Waals surface area contributed by atoms with Gasteiger partial charge in [-0.25, -0.2) is 9.97 Å². The second-order valence-electron chi connectivity index (χ2n) is 11.5. The summed E-state index contributed by atoms with van der Waals surface area (Å²) in [5.41, 5.74) is 5.37. The van der Waals surface area contributed by atoms with Gasteiger partial charge in [0.15, 0.2) is 23.0 Å². The number of nitrogens with zero attached hydrogens (tertiary/aromatic N) is 4. The predicted octanol–water partition coefficient (Wildman–Crippen LogP) is 8.02. The Morgan fingerprint density at radius 1 is 0.481 bits per heavy atom. The summed E-state index contributed by atoms with van der Waals surface area (Å²) in [5, 5.41) is 13.0. The molecule has 0 fully saturated rings. The van der Waals surface area contributed by atoms with Crippen molar-refractivity contribution in [1.82, 2.24) is 19.9 Å². The molecule has 0 saturated heterocycles. The third-order valence-electron chi connectivity index (χ3n) is 7.91. The Hall–Kier alpha value is -6.96. The van der Waals surface area contributed by atoms with Crippen molar-refractivity contribution < 1.29 is 28.4 Å². The van der Waals surface area contributed by atoms with Crippen LogP contribution in [0.25, 0.3) is 0 Å². The molecule has 14 heteroatoms. The lowest BCUT2D eigenvalue weighted by Crippen LogP contribution is -2.02. The van der Waals surface area contributed by atoms with Gasteiger partial charge in [0.2, 0.25) is 25.5 Å². The Morgan fingerprint density at radius 2 is 0.865 bits per heavy atom. The van der Waals surface area contributed by atoms with Crippen LogP contribution in [-0.2, 0) is 0 Å². The minimum absolute atomic E-state index is 0.246. The Bertz CT molecular complexity index is 2170. The lowest BCUT2D eigenvalue weighted by Gasteiger charge is -2.11. The molecule has 264 valence electrons. The first-order chi connectivity index (χ1) is 25.4. The summed E-state index contributed by atoms with van der Waals surface area (Å²) in [5.74, 6) is 6.96. The van der Waals surface area contributed by atoms with Crippen LogP contribution in [0.5, 0.6) is 34.5 Å². The van der Waals surface area contributed by atoms with Gasteiger partial charge >= 0.3 is 0 Å². The number of fused-ring (bicyclic) bond motifs is 2. The van der Waals surface area contributed by atoms with E-state index in [1.165, 1.54) is 0 Å². The SMILES string of the molecule is COc1ccc(Nc2nc(Nc3ccc4c(c3)OCO4)ncc2C)cc1.COc1ccc(Nc2ncc(C)c(Nc3ccc4c(c3)OCO4)n2)cc1. The van der Waals surface area contributed by atoms with Gasteiger partial charge in [-0.15, -0.1) is 0 Å². The van der Waals surface area contributed by atoms with Crippen LogP contribution >= 0.6 is 0 Å². The van der Waals surface area contributed by atoms with E-state index in [2.05, 4.69) is 41.2 Å². The topological polar surface area (TPSA) is 155 Å². The average molecular weight is 701 g/mol. The number of hydrogen-bond donors (Lipinski definition) is 4. The molecule has 4 heterocycles. The fourth-order valence-corrected chi connectivity index (χ4v) is 5.09. The van der Waals surface area contributed by atoms with Gasteiger partial charge in [-0.3, -0.25) is 0 Å². The molecular weight excluding hydrogens is 664 g/mol. The van der Waals surface area contributed by atoms with Gasteiger partial charge < -0.3 is 49.7 Å². The lowest BCUT2D eigenvalue weighted by molar-refractivity contribution is 0.173. The highest BCUT2D eigenvalue weighted by Gasteiger charge is 2.15. The van der Waals surface area contributed by atoms with Gasteiger partial charge in [0.25, 0.3) is 0 Å².